The lowest BCUT2D eigenvalue weighted by atomic mass is 10.1. The summed E-state index contributed by atoms with van der Waals surface area (Å²) in [6.07, 6.45) is 2.00. The number of amides is 1. The van der Waals surface area contributed by atoms with Crippen LogP contribution in [0.1, 0.15) is 29.3 Å². The monoisotopic (exact) mass is 407 g/mol. The molecule has 0 bridgehead atoms. The third kappa shape index (κ3) is 6.24. The van der Waals surface area contributed by atoms with Crippen molar-refractivity contribution >= 4 is 17.6 Å². The van der Waals surface area contributed by atoms with Gasteiger partial charge in [0.2, 0.25) is 0 Å². The molecular weight excluding hydrogens is 374 g/mol. The molecule has 0 aliphatic carbocycles. The van der Waals surface area contributed by atoms with Crippen LogP contribution in [0.25, 0.3) is 0 Å². The van der Waals surface area contributed by atoms with Crippen LogP contribution in [0.2, 0.25) is 0 Å². The molecule has 160 valence electrons. The zero-order chi connectivity index (χ0) is 21.2. The Morgan fingerprint density at radius 2 is 1.97 bits per heavy atom. The molecule has 1 fully saturated rings. The van der Waals surface area contributed by atoms with Gasteiger partial charge in [-0.25, -0.2) is 0 Å². The Morgan fingerprint density at radius 3 is 2.73 bits per heavy atom. The number of aliphatic imine (C=N–C) groups is 1. The molecule has 30 heavy (non-hydrogen) atoms. The van der Waals surface area contributed by atoms with Crippen LogP contribution >= 0.6 is 0 Å². The fourth-order valence-corrected chi connectivity index (χ4v) is 3.75. The summed E-state index contributed by atoms with van der Waals surface area (Å²) in [7, 11) is 1.65. The molecule has 0 radical (unpaired) electrons. The zero-order valence-corrected chi connectivity index (χ0v) is 18.0. The predicted molar refractivity (Wildman–Crippen MR) is 124 cm³/mol. The highest BCUT2D eigenvalue weighted by Gasteiger charge is 2.22. The summed E-state index contributed by atoms with van der Waals surface area (Å²) in [6.45, 7) is 6.65. The van der Waals surface area contributed by atoms with Crippen molar-refractivity contribution in [3.05, 3.63) is 65.7 Å². The summed E-state index contributed by atoms with van der Waals surface area (Å²) in [5.41, 5.74) is 3.13. The topological polar surface area (TPSA) is 68.8 Å². The lowest BCUT2D eigenvalue weighted by molar-refractivity contribution is 0.0963. The van der Waals surface area contributed by atoms with Crippen molar-refractivity contribution in [2.75, 3.05) is 44.7 Å². The Morgan fingerprint density at radius 1 is 1.13 bits per heavy atom. The number of hydrogen-bond acceptors (Lipinski definition) is 3. The summed E-state index contributed by atoms with van der Waals surface area (Å²) in [6, 6.07) is 18.4. The Hall–Kier alpha value is -3.02. The van der Waals surface area contributed by atoms with Crippen molar-refractivity contribution in [1.29, 1.82) is 0 Å². The number of rotatable bonds is 8. The van der Waals surface area contributed by atoms with Crippen molar-refractivity contribution < 1.29 is 4.79 Å². The predicted octanol–water partition coefficient (Wildman–Crippen LogP) is 2.67. The van der Waals surface area contributed by atoms with E-state index in [1.54, 1.807) is 7.05 Å². The van der Waals surface area contributed by atoms with E-state index < -0.39 is 0 Å². The molecule has 1 unspecified atom stereocenters. The van der Waals surface area contributed by atoms with Crippen molar-refractivity contribution in [3.8, 4) is 0 Å². The lowest BCUT2D eigenvalue weighted by Gasteiger charge is -2.18. The summed E-state index contributed by atoms with van der Waals surface area (Å²) >= 11 is 0. The van der Waals surface area contributed by atoms with Gasteiger partial charge in [-0.05, 0) is 55.5 Å². The highest BCUT2D eigenvalue weighted by Crippen LogP contribution is 2.23. The highest BCUT2D eigenvalue weighted by atomic mass is 16.1. The minimum absolute atomic E-state index is 0.0548. The van der Waals surface area contributed by atoms with Gasteiger partial charge in [-0.1, -0.05) is 30.3 Å². The molecule has 2 aromatic carbocycles. The van der Waals surface area contributed by atoms with Gasteiger partial charge < -0.3 is 20.9 Å². The maximum absolute atomic E-state index is 11.8. The normalized spacial score (nSPS) is 16.4. The first-order chi connectivity index (χ1) is 14.7. The van der Waals surface area contributed by atoms with Crippen LogP contribution in [-0.2, 0) is 6.42 Å². The second-order valence-corrected chi connectivity index (χ2v) is 7.61. The quantitative estimate of drug-likeness (QED) is 0.465. The Balaban J connectivity index is 1.48. The average Bonchev–Trinajstić information content (AvgIpc) is 3.27. The smallest absolute Gasteiger partial charge is 0.251 e. The standard InChI is InChI=1S/C24H33N5O/c1-3-26-24(27-14-12-19-8-7-9-21(16-19)23(30)25-2)28-17-20-13-15-29(18-20)22-10-5-4-6-11-22/h4-11,16,20H,3,12-15,17-18H2,1-2H3,(H,25,30)(H2,26,27,28). The van der Waals surface area contributed by atoms with Crippen LogP contribution in [-0.4, -0.2) is 51.6 Å². The third-order valence-corrected chi connectivity index (χ3v) is 5.38. The van der Waals surface area contributed by atoms with Crippen LogP contribution in [0.4, 0.5) is 5.69 Å². The van der Waals surface area contributed by atoms with Gasteiger partial charge in [0.15, 0.2) is 5.96 Å². The van der Waals surface area contributed by atoms with Crippen LogP contribution in [0.15, 0.2) is 59.6 Å². The van der Waals surface area contributed by atoms with E-state index in [1.807, 2.05) is 18.2 Å². The van der Waals surface area contributed by atoms with Crippen molar-refractivity contribution in [3.63, 3.8) is 0 Å². The number of guanidine groups is 1. The largest absolute Gasteiger partial charge is 0.371 e. The summed E-state index contributed by atoms with van der Waals surface area (Å²) in [5, 5.41) is 9.43. The van der Waals surface area contributed by atoms with Crippen LogP contribution in [0, 0.1) is 5.92 Å². The molecule has 3 rings (SSSR count). The molecule has 0 aromatic heterocycles. The number of nitrogens with one attached hydrogen (secondary N) is 3. The minimum Gasteiger partial charge on any atom is -0.371 e. The first-order valence-corrected chi connectivity index (χ1v) is 10.8. The van der Waals surface area contributed by atoms with Gasteiger partial charge in [0.1, 0.15) is 0 Å². The van der Waals surface area contributed by atoms with Crippen molar-refractivity contribution in [2.24, 2.45) is 10.9 Å². The lowest BCUT2D eigenvalue weighted by Crippen LogP contribution is -2.38. The molecule has 1 amide bonds. The molecular formula is C24H33N5O. The summed E-state index contributed by atoms with van der Waals surface area (Å²) in [4.78, 5) is 19.1. The van der Waals surface area contributed by atoms with E-state index in [9.17, 15) is 4.79 Å². The molecule has 1 saturated heterocycles. The third-order valence-electron chi connectivity index (χ3n) is 5.38. The van der Waals surface area contributed by atoms with Gasteiger partial charge in [-0.15, -0.1) is 0 Å². The van der Waals surface area contributed by atoms with E-state index in [0.29, 0.717) is 11.5 Å². The molecule has 1 atom stereocenters. The van der Waals surface area contributed by atoms with Gasteiger partial charge in [-0.3, -0.25) is 9.79 Å². The molecule has 6 heteroatoms. The Kier molecular flexibility index (Phi) is 8.12. The van der Waals surface area contributed by atoms with Crippen LogP contribution in [0.5, 0.6) is 0 Å². The molecule has 1 aliphatic heterocycles. The Labute approximate surface area is 179 Å². The van der Waals surface area contributed by atoms with Gasteiger partial charge in [0, 0.05) is 51.0 Å². The van der Waals surface area contributed by atoms with Gasteiger partial charge in [0.25, 0.3) is 5.91 Å². The first kappa shape index (κ1) is 21.7. The Bertz CT molecular complexity index is 836. The summed E-state index contributed by atoms with van der Waals surface area (Å²) in [5.74, 6) is 1.38. The molecule has 1 aliphatic rings. The van der Waals surface area contributed by atoms with Crippen LogP contribution in [0.3, 0.4) is 0 Å². The molecule has 3 N–H and O–H groups in total. The fraction of sp³-hybridized carbons (Fsp3) is 0.417. The summed E-state index contributed by atoms with van der Waals surface area (Å²) < 4.78 is 0. The molecule has 0 spiro atoms. The zero-order valence-electron chi connectivity index (χ0n) is 18.0. The molecule has 0 saturated carbocycles. The van der Waals surface area contributed by atoms with Gasteiger partial charge in [-0.2, -0.15) is 0 Å². The number of hydrogen-bond donors (Lipinski definition) is 3. The highest BCUT2D eigenvalue weighted by molar-refractivity contribution is 5.94. The number of nitrogens with zero attached hydrogens (tertiary/aromatic N) is 2. The van der Waals surface area contributed by atoms with Gasteiger partial charge in [0.05, 0.1) is 0 Å². The number of para-hydroxylation sites is 1. The SMILES string of the molecule is CCNC(=NCC1CCN(c2ccccc2)C1)NCCc1cccc(C(=O)NC)c1. The van der Waals surface area contributed by atoms with E-state index in [2.05, 4.69) is 64.2 Å². The number of benzene rings is 2. The maximum atomic E-state index is 11.8. The van der Waals surface area contributed by atoms with Crippen LogP contribution < -0.4 is 20.9 Å². The van der Waals surface area contributed by atoms with E-state index in [4.69, 9.17) is 4.99 Å². The number of carbonyl (C=O) groups is 1. The number of carbonyl (C=O) groups excluding carboxylic acids is 1. The van der Waals surface area contributed by atoms with Gasteiger partial charge >= 0.3 is 0 Å². The average molecular weight is 408 g/mol. The van der Waals surface area contributed by atoms with E-state index in [0.717, 1.165) is 50.7 Å². The van der Waals surface area contributed by atoms with E-state index in [1.165, 1.54) is 12.1 Å². The van der Waals surface area contributed by atoms with Crippen molar-refractivity contribution in [1.82, 2.24) is 16.0 Å². The minimum atomic E-state index is -0.0548. The van der Waals surface area contributed by atoms with Crippen molar-refractivity contribution in [2.45, 2.75) is 19.8 Å². The molecule has 1 heterocycles. The van der Waals surface area contributed by atoms with E-state index in [-0.39, 0.29) is 5.91 Å². The fourth-order valence-electron chi connectivity index (χ4n) is 3.75. The van der Waals surface area contributed by atoms with E-state index >= 15 is 0 Å². The second-order valence-electron chi connectivity index (χ2n) is 7.61. The molecule has 2 aromatic rings. The maximum Gasteiger partial charge on any atom is 0.251 e. The number of anilines is 1. The first-order valence-electron chi connectivity index (χ1n) is 10.8. The molecule has 6 nitrogen and oxygen atoms in total. The second kappa shape index (κ2) is 11.2.